The summed E-state index contributed by atoms with van der Waals surface area (Å²) in [4.78, 5) is 18.1. The number of aromatic nitrogens is 5. The molecule has 0 amide bonds. The van der Waals surface area contributed by atoms with Gasteiger partial charge < -0.3 is 10.6 Å². The number of nitrogens with two attached hydrogens (primary N) is 1. The quantitative estimate of drug-likeness (QED) is 0.785. The predicted octanol–water partition coefficient (Wildman–Crippen LogP) is 1.55. The van der Waals surface area contributed by atoms with Crippen LogP contribution in [0.4, 0.5) is 22.0 Å². The second-order valence-electron chi connectivity index (χ2n) is 4.30. The first-order valence-corrected chi connectivity index (χ1v) is 6.12. The largest absolute Gasteiger partial charge is 0.368 e. The Kier molecular flexibility index (Phi) is 3.19. The minimum atomic E-state index is -0.304. The molecular weight excluding hydrogens is 273 g/mol. The molecule has 0 saturated carbocycles. The Balaban J connectivity index is 2.00. The highest BCUT2D eigenvalue weighted by Crippen LogP contribution is 2.21. The van der Waals surface area contributed by atoms with Gasteiger partial charge in [0.15, 0.2) is 0 Å². The van der Waals surface area contributed by atoms with Gasteiger partial charge in [0.05, 0.1) is 0 Å². The van der Waals surface area contributed by atoms with E-state index < -0.39 is 0 Å². The van der Waals surface area contributed by atoms with E-state index in [1.54, 1.807) is 47.4 Å². The van der Waals surface area contributed by atoms with Gasteiger partial charge in [-0.3, -0.25) is 4.57 Å². The minimum Gasteiger partial charge on any atom is -0.368 e. The van der Waals surface area contributed by atoms with Gasteiger partial charge in [-0.2, -0.15) is 15.0 Å². The third-order valence-electron chi connectivity index (χ3n) is 2.88. The lowest BCUT2D eigenvalue weighted by Gasteiger charge is -2.17. The Morgan fingerprint density at radius 1 is 1.14 bits per heavy atom. The van der Waals surface area contributed by atoms with Crippen molar-refractivity contribution in [2.45, 2.75) is 0 Å². The zero-order valence-electron chi connectivity index (χ0n) is 11.2. The second kappa shape index (κ2) is 5.16. The van der Waals surface area contributed by atoms with Crippen molar-refractivity contribution in [1.82, 2.24) is 24.5 Å². The number of nitrogens with zero attached hydrogens (tertiary/aromatic N) is 6. The molecule has 2 heterocycles. The highest BCUT2D eigenvalue weighted by molar-refractivity contribution is 5.57. The van der Waals surface area contributed by atoms with Crippen molar-refractivity contribution in [3.63, 3.8) is 0 Å². The summed E-state index contributed by atoms with van der Waals surface area (Å²) < 4.78 is 14.6. The Morgan fingerprint density at radius 3 is 2.57 bits per heavy atom. The number of rotatable bonds is 3. The summed E-state index contributed by atoms with van der Waals surface area (Å²) in [5.74, 6) is 0.515. The van der Waals surface area contributed by atoms with Crippen LogP contribution in [-0.2, 0) is 0 Å². The molecule has 2 aromatic heterocycles. The van der Waals surface area contributed by atoms with Gasteiger partial charge in [-0.15, -0.1) is 0 Å². The molecule has 3 rings (SSSR count). The average molecular weight is 285 g/mol. The summed E-state index contributed by atoms with van der Waals surface area (Å²) in [7, 11) is 1.76. The molecule has 0 aliphatic rings. The maximum absolute atomic E-state index is 13.0. The van der Waals surface area contributed by atoms with Crippen molar-refractivity contribution in [1.29, 1.82) is 0 Å². The van der Waals surface area contributed by atoms with Crippen LogP contribution in [0.15, 0.2) is 43.0 Å². The molecule has 7 nitrogen and oxygen atoms in total. The fourth-order valence-electron chi connectivity index (χ4n) is 1.79. The third kappa shape index (κ3) is 2.64. The maximum atomic E-state index is 13.0. The molecule has 0 spiro atoms. The van der Waals surface area contributed by atoms with Crippen molar-refractivity contribution >= 4 is 17.6 Å². The lowest BCUT2D eigenvalue weighted by Crippen LogP contribution is -2.16. The van der Waals surface area contributed by atoms with E-state index in [2.05, 4.69) is 19.9 Å². The van der Waals surface area contributed by atoms with Crippen molar-refractivity contribution < 1.29 is 4.39 Å². The van der Waals surface area contributed by atoms with Gasteiger partial charge in [-0.05, 0) is 24.3 Å². The summed E-state index contributed by atoms with van der Waals surface area (Å²) in [6, 6.07) is 6.00. The van der Waals surface area contributed by atoms with E-state index in [0.717, 1.165) is 5.69 Å². The molecule has 0 aliphatic carbocycles. The van der Waals surface area contributed by atoms with Crippen molar-refractivity contribution in [2.75, 3.05) is 17.7 Å². The van der Waals surface area contributed by atoms with Gasteiger partial charge in [0.25, 0.3) is 0 Å². The second-order valence-corrected chi connectivity index (χ2v) is 4.30. The summed E-state index contributed by atoms with van der Waals surface area (Å²) in [6.07, 6.45) is 4.89. The summed E-state index contributed by atoms with van der Waals surface area (Å²) >= 11 is 0. The van der Waals surface area contributed by atoms with E-state index in [1.807, 2.05) is 0 Å². The van der Waals surface area contributed by atoms with E-state index in [0.29, 0.717) is 11.9 Å². The molecule has 21 heavy (non-hydrogen) atoms. The molecule has 1 aromatic carbocycles. The monoisotopic (exact) mass is 285 g/mol. The molecule has 0 aliphatic heterocycles. The number of hydrogen-bond acceptors (Lipinski definition) is 6. The highest BCUT2D eigenvalue weighted by atomic mass is 19.1. The lowest BCUT2D eigenvalue weighted by atomic mass is 10.3. The predicted molar refractivity (Wildman–Crippen MR) is 75.8 cm³/mol. The van der Waals surface area contributed by atoms with Crippen LogP contribution in [0.25, 0.3) is 5.95 Å². The molecule has 0 bridgehead atoms. The molecular formula is C13H12FN7. The summed E-state index contributed by atoms with van der Waals surface area (Å²) in [5, 5.41) is 0. The first-order valence-electron chi connectivity index (χ1n) is 6.12. The summed E-state index contributed by atoms with van der Waals surface area (Å²) in [5.41, 5.74) is 6.46. The number of hydrogen-bond donors (Lipinski definition) is 1. The Bertz CT molecular complexity index is 740. The van der Waals surface area contributed by atoms with E-state index in [4.69, 9.17) is 5.73 Å². The first kappa shape index (κ1) is 13.0. The molecule has 0 atom stereocenters. The van der Waals surface area contributed by atoms with Gasteiger partial charge in [0, 0.05) is 25.1 Å². The third-order valence-corrected chi connectivity index (χ3v) is 2.88. The normalized spacial score (nSPS) is 10.6. The van der Waals surface area contributed by atoms with Crippen LogP contribution in [0, 0.1) is 5.82 Å². The van der Waals surface area contributed by atoms with Crippen LogP contribution in [0.5, 0.6) is 0 Å². The lowest BCUT2D eigenvalue weighted by molar-refractivity contribution is 0.628. The standard InChI is InChI=1S/C13H12FN7/c1-20(10-4-2-9(14)3-5-10)12-17-11(15)18-13(19-12)21-7-6-16-8-21/h2-8H,1H3,(H2,15,17,18,19). The van der Waals surface area contributed by atoms with Crippen molar-refractivity contribution in [3.8, 4) is 5.95 Å². The van der Waals surface area contributed by atoms with Gasteiger partial charge in [-0.25, -0.2) is 9.37 Å². The van der Waals surface area contributed by atoms with Gasteiger partial charge in [-0.1, -0.05) is 0 Å². The number of anilines is 3. The van der Waals surface area contributed by atoms with E-state index >= 15 is 0 Å². The number of nitrogen functional groups attached to an aromatic ring is 1. The SMILES string of the molecule is CN(c1ccc(F)cc1)c1nc(N)nc(-n2ccnc2)n1. The smallest absolute Gasteiger partial charge is 0.241 e. The molecule has 0 saturated heterocycles. The summed E-state index contributed by atoms with van der Waals surface area (Å²) in [6.45, 7) is 0. The molecule has 2 N–H and O–H groups in total. The zero-order valence-corrected chi connectivity index (χ0v) is 11.2. The van der Waals surface area contributed by atoms with Crippen LogP contribution in [0.1, 0.15) is 0 Å². The number of benzene rings is 1. The molecule has 0 radical (unpaired) electrons. The van der Waals surface area contributed by atoms with Crippen LogP contribution in [0.3, 0.4) is 0 Å². The number of imidazole rings is 1. The van der Waals surface area contributed by atoms with Crippen LogP contribution in [-0.4, -0.2) is 31.6 Å². The van der Waals surface area contributed by atoms with Crippen LogP contribution < -0.4 is 10.6 Å². The van der Waals surface area contributed by atoms with Crippen LogP contribution in [0.2, 0.25) is 0 Å². The van der Waals surface area contributed by atoms with Crippen molar-refractivity contribution in [2.24, 2.45) is 0 Å². The Hall–Kier alpha value is -3.03. The van der Waals surface area contributed by atoms with Gasteiger partial charge in [0.1, 0.15) is 12.1 Å². The van der Waals surface area contributed by atoms with Crippen LogP contribution >= 0.6 is 0 Å². The van der Waals surface area contributed by atoms with Gasteiger partial charge in [0.2, 0.25) is 17.8 Å². The topological polar surface area (TPSA) is 85.8 Å². The van der Waals surface area contributed by atoms with E-state index in [-0.39, 0.29) is 11.8 Å². The molecule has 0 unspecified atom stereocenters. The maximum Gasteiger partial charge on any atom is 0.241 e. The van der Waals surface area contributed by atoms with Crippen molar-refractivity contribution in [3.05, 3.63) is 48.8 Å². The highest BCUT2D eigenvalue weighted by Gasteiger charge is 2.11. The first-order chi connectivity index (χ1) is 10.1. The molecule has 8 heteroatoms. The molecule has 106 valence electrons. The zero-order chi connectivity index (χ0) is 14.8. The fraction of sp³-hybridized carbons (Fsp3) is 0.0769. The van der Waals surface area contributed by atoms with E-state index in [9.17, 15) is 4.39 Å². The minimum absolute atomic E-state index is 0.0951. The average Bonchev–Trinajstić information content (AvgIpc) is 3.01. The fourth-order valence-corrected chi connectivity index (χ4v) is 1.79. The van der Waals surface area contributed by atoms with E-state index in [1.165, 1.54) is 12.1 Å². The molecule has 0 fully saturated rings. The molecule has 3 aromatic rings. The van der Waals surface area contributed by atoms with Gasteiger partial charge >= 0.3 is 0 Å². The number of halogens is 1. The Labute approximate surface area is 119 Å². The Morgan fingerprint density at radius 2 is 1.90 bits per heavy atom.